The predicted molar refractivity (Wildman–Crippen MR) is 95.2 cm³/mol. The molecule has 0 saturated heterocycles. The maximum absolute atomic E-state index is 12.3. The smallest absolute Gasteiger partial charge is 0.258 e. The van der Waals surface area contributed by atoms with E-state index < -0.39 is 0 Å². The number of pyridine rings is 1. The van der Waals surface area contributed by atoms with Gasteiger partial charge in [-0.15, -0.1) is 0 Å². The van der Waals surface area contributed by atoms with Gasteiger partial charge in [0.2, 0.25) is 0 Å². The van der Waals surface area contributed by atoms with Crippen LogP contribution < -0.4 is 5.32 Å². The zero-order chi connectivity index (χ0) is 18.5. The van der Waals surface area contributed by atoms with Crippen LogP contribution in [-0.2, 0) is 0 Å². The maximum Gasteiger partial charge on any atom is 0.258 e. The molecule has 0 radical (unpaired) electrons. The second-order valence-electron chi connectivity index (χ2n) is 5.51. The Labute approximate surface area is 149 Å². The van der Waals surface area contributed by atoms with Crippen LogP contribution in [0.3, 0.4) is 0 Å². The minimum Gasteiger partial charge on any atom is -0.305 e. The van der Waals surface area contributed by atoms with E-state index in [0.29, 0.717) is 40.5 Å². The molecule has 7 heteroatoms. The molecule has 1 amide bonds. The van der Waals surface area contributed by atoms with Crippen LogP contribution >= 0.6 is 0 Å². The number of aromatic nitrogens is 3. The first-order chi connectivity index (χ1) is 12.6. The summed E-state index contributed by atoms with van der Waals surface area (Å²) in [4.78, 5) is 46.8. The Morgan fingerprint density at radius 1 is 1.04 bits per heavy atom. The Morgan fingerprint density at radius 3 is 2.54 bits per heavy atom. The van der Waals surface area contributed by atoms with Crippen molar-refractivity contribution >= 4 is 24.3 Å². The molecule has 0 aliphatic rings. The fourth-order valence-corrected chi connectivity index (χ4v) is 2.39. The van der Waals surface area contributed by atoms with Gasteiger partial charge in [-0.3, -0.25) is 24.4 Å². The molecule has 0 fully saturated rings. The summed E-state index contributed by atoms with van der Waals surface area (Å²) < 4.78 is 0. The normalized spacial score (nSPS) is 10.2. The number of carbonyl (C=O) groups excluding carboxylic acids is 3. The second-order valence-corrected chi connectivity index (χ2v) is 5.51. The van der Waals surface area contributed by atoms with Gasteiger partial charge in [-0.25, -0.2) is 4.98 Å². The molecule has 26 heavy (non-hydrogen) atoms. The molecule has 2 heterocycles. The number of nitrogens with one attached hydrogen (secondary N) is 1. The lowest BCUT2D eigenvalue weighted by Crippen LogP contribution is -2.14. The van der Waals surface area contributed by atoms with Crippen LogP contribution in [0.2, 0.25) is 0 Å². The third-order valence-corrected chi connectivity index (χ3v) is 3.79. The molecule has 3 aromatic rings. The van der Waals surface area contributed by atoms with Crippen LogP contribution in [0.15, 0.2) is 49.1 Å². The standard InChI is InChI=1S/C19H14N4O3/c1-12-4-5-20-7-16(12)19(26)23-18-9-21-17(8-22-18)15-6-13(10-24)2-3-14(15)11-25/h2-11H,1H3,(H,22,23,26). The van der Waals surface area contributed by atoms with Crippen molar-refractivity contribution in [3.05, 3.63) is 71.3 Å². The van der Waals surface area contributed by atoms with Gasteiger partial charge in [-0.1, -0.05) is 12.1 Å². The van der Waals surface area contributed by atoms with Gasteiger partial charge in [-0.2, -0.15) is 0 Å². The molecule has 1 aromatic carbocycles. The Morgan fingerprint density at radius 2 is 1.88 bits per heavy atom. The van der Waals surface area contributed by atoms with Crippen molar-refractivity contribution < 1.29 is 14.4 Å². The number of benzene rings is 1. The molecule has 0 aliphatic carbocycles. The first kappa shape index (κ1) is 17.1. The lowest BCUT2D eigenvalue weighted by Gasteiger charge is -2.08. The molecular formula is C19H14N4O3. The topological polar surface area (TPSA) is 102 Å². The number of amides is 1. The van der Waals surface area contributed by atoms with Crippen molar-refractivity contribution in [2.75, 3.05) is 5.32 Å². The fourth-order valence-electron chi connectivity index (χ4n) is 2.39. The van der Waals surface area contributed by atoms with E-state index in [-0.39, 0.29) is 11.7 Å². The number of rotatable bonds is 5. The zero-order valence-corrected chi connectivity index (χ0v) is 13.8. The molecule has 0 aliphatic heterocycles. The van der Waals surface area contributed by atoms with Crippen molar-refractivity contribution in [1.29, 1.82) is 0 Å². The molecule has 0 unspecified atom stereocenters. The van der Waals surface area contributed by atoms with Gasteiger partial charge in [0, 0.05) is 29.1 Å². The van der Waals surface area contributed by atoms with E-state index in [0.717, 1.165) is 5.56 Å². The van der Waals surface area contributed by atoms with E-state index in [1.165, 1.54) is 18.6 Å². The number of aldehydes is 2. The quantitative estimate of drug-likeness (QED) is 0.713. The number of anilines is 1. The van der Waals surface area contributed by atoms with Crippen molar-refractivity contribution in [3.8, 4) is 11.3 Å². The summed E-state index contributed by atoms with van der Waals surface area (Å²) >= 11 is 0. The fraction of sp³-hybridized carbons (Fsp3) is 0.0526. The van der Waals surface area contributed by atoms with Gasteiger partial charge in [0.1, 0.15) is 6.29 Å². The molecular weight excluding hydrogens is 332 g/mol. The summed E-state index contributed by atoms with van der Waals surface area (Å²) in [6.07, 6.45) is 7.29. The van der Waals surface area contributed by atoms with Crippen LogP contribution in [0.25, 0.3) is 11.3 Å². The summed E-state index contributed by atoms with van der Waals surface area (Å²) in [6, 6.07) is 6.41. The Hall–Kier alpha value is -3.74. The highest BCUT2D eigenvalue weighted by atomic mass is 16.1. The molecule has 0 atom stereocenters. The van der Waals surface area contributed by atoms with Crippen LogP contribution in [0.4, 0.5) is 5.82 Å². The molecule has 0 saturated carbocycles. The van der Waals surface area contributed by atoms with E-state index in [9.17, 15) is 14.4 Å². The van der Waals surface area contributed by atoms with Crippen molar-refractivity contribution in [1.82, 2.24) is 15.0 Å². The zero-order valence-electron chi connectivity index (χ0n) is 13.8. The van der Waals surface area contributed by atoms with Gasteiger partial charge >= 0.3 is 0 Å². The summed E-state index contributed by atoms with van der Waals surface area (Å²) in [6.45, 7) is 1.81. The van der Waals surface area contributed by atoms with Crippen LogP contribution in [0.1, 0.15) is 36.6 Å². The highest BCUT2D eigenvalue weighted by Crippen LogP contribution is 2.22. The molecule has 0 spiro atoms. The van der Waals surface area contributed by atoms with Gasteiger partial charge < -0.3 is 5.32 Å². The first-order valence-corrected chi connectivity index (χ1v) is 7.71. The van der Waals surface area contributed by atoms with Crippen LogP contribution in [0, 0.1) is 6.92 Å². The summed E-state index contributed by atoms with van der Waals surface area (Å²) in [7, 11) is 0. The summed E-state index contributed by atoms with van der Waals surface area (Å²) in [5.41, 5.74) is 2.98. The lowest BCUT2D eigenvalue weighted by atomic mass is 10.0. The summed E-state index contributed by atoms with van der Waals surface area (Å²) in [5.74, 6) is -0.0737. The highest BCUT2D eigenvalue weighted by Gasteiger charge is 2.12. The largest absolute Gasteiger partial charge is 0.305 e. The average Bonchev–Trinajstić information content (AvgIpc) is 2.68. The number of hydrogen-bond donors (Lipinski definition) is 1. The molecule has 128 valence electrons. The van der Waals surface area contributed by atoms with Crippen molar-refractivity contribution in [2.45, 2.75) is 6.92 Å². The summed E-state index contributed by atoms with van der Waals surface area (Å²) in [5, 5.41) is 2.65. The van der Waals surface area contributed by atoms with E-state index >= 15 is 0 Å². The lowest BCUT2D eigenvalue weighted by molar-refractivity contribution is 0.102. The Bertz CT molecular complexity index is 984. The van der Waals surface area contributed by atoms with Gasteiger partial charge in [-0.05, 0) is 24.6 Å². The third kappa shape index (κ3) is 3.51. The van der Waals surface area contributed by atoms with E-state index in [1.54, 1.807) is 30.5 Å². The monoisotopic (exact) mass is 346 g/mol. The number of nitrogens with zero attached hydrogens (tertiary/aromatic N) is 3. The number of hydrogen-bond acceptors (Lipinski definition) is 6. The van der Waals surface area contributed by atoms with Gasteiger partial charge in [0.05, 0.1) is 23.7 Å². The Balaban J connectivity index is 1.85. The van der Waals surface area contributed by atoms with E-state index in [2.05, 4.69) is 20.3 Å². The predicted octanol–water partition coefficient (Wildman–Crippen LogP) is 2.72. The second kappa shape index (κ2) is 7.43. The Kier molecular flexibility index (Phi) is 4.89. The van der Waals surface area contributed by atoms with Crippen molar-refractivity contribution in [2.24, 2.45) is 0 Å². The SMILES string of the molecule is Cc1ccncc1C(=O)Nc1cnc(-c2cc(C=O)ccc2C=O)cn1. The molecule has 3 rings (SSSR count). The first-order valence-electron chi connectivity index (χ1n) is 7.71. The van der Waals surface area contributed by atoms with Crippen LogP contribution in [0.5, 0.6) is 0 Å². The molecule has 0 bridgehead atoms. The van der Waals surface area contributed by atoms with Gasteiger partial charge in [0.25, 0.3) is 5.91 Å². The number of carbonyl (C=O) groups is 3. The molecule has 2 aromatic heterocycles. The minimum absolute atomic E-state index is 0.265. The van der Waals surface area contributed by atoms with Crippen LogP contribution in [-0.4, -0.2) is 33.4 Å². The highest BCUT2D eigenvalue weighted by molar-refractivity contribution is 6.04. The minimum atomic E-state index is -0.339. The average molecular weight is 346 g/mol. The van der Waals surface area contributed by atoms with Crippen molar-refractivity contribution in [3.63, 3.8) is 0 Å². The number of aryl methyl sites for hydroxylation is 1. The third-order valence-electron chi connectivity index (χ3n) is 3.79. The van der Waals surface area contributed by atoms with E-state index in [4.69, 9.17) is 0 Å². The van der Waals surface area contributed by atoms with E-state index in [1.807, 2.05) is 6.92 Å². The molecule has 1 N–H and O–H groups in total. The van der Waals surface area contributed by atoms with Gasteiger partial charge in [0.15, 0.2) is 12.1 Å². The molecule has 7 nitrogen and oxygen atoms in total. The maximum atomic E-state index is 12.3.